The standard InChI is InChI=1S/C11H19NO2/c1-10(2)7-4-5-8(6-7)11(10,3)9(13)14-12/h7-8H,4-6,12H2,1-3H3. The molecule has 3 nitrogen and oxygen atoms in total. The second kappa shape index (κ2) is 2.72. The lowest BCUT2D eigenvalue weighted by molar-refractivity contribution is -0.168. The van der Waals surface area contributed by atoms with Crippen LogP contribution in [0.25, 0.3) is 0 Å². The number of hydrogen-bond acceptors (Lipinski definition) is 3. The van der Waals surface area contributed by atoms with E-state index in [0.29, 0.717) is 11.8 Å². The molecule has 0 amide bonds. The molecule has 0 aromatic heterocycles. The van der Waals surface area contributed by atoms with Crippen molar-refractivity contribution >= 4 is 5.97 Å². The Morgan fingerprint density at radius 1 is 1.29 bits per heavy atom. The zero-order valence-electron chi connectivity index (χ0n) is 9.17. The summed E-state index contributed by atoms with van der Waals surface area (Å²) in [6.07, 6.45) is 3.57. The monoisotopic (exact) mass is 197 g/mol. The van der Waals surface area contributed by atoms with Crippen molar-refractivity contribution in [1.29, 1.82) is 0 Å². The molecular weight excluding hydrogens is 178 g/mol. The molecule has 0 aromatic rings. The Morgan fingerprint density at radius 3 is 2.29 bits per heavy atom. The van der Waals surface area contributed by atoms with E-state index in [0.717, 1.165) is 6.42 Å². The van der Waals surface area contributed by atoms with Gasteiger partial charge in [0.25, 0.3) is 0 Å². The lowest BCUT2D eigenvalue weighted by atomic mass is 9.59. The number of nitrogens with two attached hydrogens (primary N) is 1. The Bertz CT molecular complexity index is 274. The maximum Gasteiger partial charge on any atom is 0.331 e. The first-order chi connectivity index (χ1) is 6.44. The fourth-order valence-corrected chi connectivity index (χ4v) is 3.66. The molecule has 2 saturated carbocycles. The number of fused-ring (bicyclic) bond motifs is 2. The first kappa shape index (κ1) is 9.97. The first-order valence-corrected chi connectivity index (χ1v) is 5.35. The second-order valence-electron chi connectivity index (χ2n) is 5.54. The van der Waals surface area contributed by atoms with E-state index in [1.54, 1.807) is 0 Å². The molecule has 2 N–H and O–H groups in total. The number of hydrogen-bond donors (Lipinski definition) is 1. The molecule has 3 unspecified atom stereocenters. The summed E-state index contributed by atoms with van der Waals surface area (Å²) in [5.74, 6) is 5.95. The summed E-state index contributed by atoms with van der Waals surface area (Å²) in [4.78, 5) is 16.3. The van der Waals surface area contributed by atoms with Crippen LogP contribution in [-0.4, -0.2) is 5.97 Å². The Balaban J connectivity index is 2.39. The van der Waals surface area contributed by atoms with Gasteiger partial charge in [-0.25, -0.2) is 4.79 Å². The molecule has 0 spiro atoms. The highest BCUT2D eigenvalue weighted by atomic mass is 16.7. The predicted molar refractivity (Wildman–Crippen MR) is 53.0 cm³/mol. The third kappa shape index (κ3) is 0.888. The van der Waals surface area contributed by atoms with Crippen LogP contribution in [0.2, 0.25) is 0 Å². The van der Waals surface area contributed by atoms with Gasteiger partial charge in [0, 0.05) is 0 Å². The molecular formula is C11H19NO2. The molecule has 0 heterocycles. The molecule has 2 aliphatic carbocycles. The zero-order chi connectivity index (χ0) is 10.6. The summed E-state index contributed by atoms with van der Waals surface area (Å²) >= 11 is 0. The maximum absolute atomic E-state index is 11.8. The predicted octanol–water partition coefficient (Wildman–Crippen LogP) is 1.87. The Hall–Kier alpha value is -0.570. The summed E-state index contributed by atoms with van der Waals surface area (Å²) in [6.45, 7) is 6.37. The maximum atomic E-state index is 11.8. The molecule has 2 bridgehead atoms. The summed E-state index contributed by atoms with van der Waals surface area (Å²) < 4.78 is 0. The molecule has 0 aliphatic heterocycles. The largest absolute Gasteiger partial charge is 0.373 e. The van der Waals surface area contributed by atoms with Crippen LogP contribution in [0.3, 0.4) is 0 Å². The van der Waals surface area contributed by atoms with Crippen molar-refractivity contribution in [2.24, 2.45) is 28.6 Å². The molecule has 3 heteroatoms. The molecule has 2 fully saturated rings. The summed E-state index contributed by atoms with van der Waals surface area (Å²) in [5, 5.41) is 0. The SMILES string of the molecule is CC1(C)C2CCC(C2)C1(C)C(=O)ON. The summed E-state index contributed by atoms with van der Waals surface area (Å²) in [5.41, 5.74) is -0.336. The Labute approximate surface area is 84.9 Å². The van der Waals surface area contributed by atoms with Crippen molar-refractivity contribution in [3.63, 3.8) is 0 Å². The normalized spacial score (nSPS) is 44.0. The van der Waals surface area contributed by atoms with Gasteiger partial charge in [0.1, 0.15) is 0 Å². The quantitative estimate of drug-likeness (QED) is 0.653. The van der Waals surface area contributed by atoms with Gasteiger partial charge >= 0.3 is 5.97 Å². The molecule has 0 aromatic carbocycles. The van der Waals surface area contributed by atoms with Crippen LogP contribution in [0.15, 0.2) is 0 Å². The highest BCUT2D eigenvalue weighted by Gasteiger charge is 2.64. The molecule has 2 rings (SSSR count). The zero-order valence-corrected chi connectivity index (χ0v) is 9.17. The van der Waals surface area contributed by atoms with Gasteiger partial charge in [0.2, 0.25) is 0 Å². The van der Waals surface area contributed by atoms with E-state index in [9.17, 15) is 4.79 Å². The molecule has 0 saturated heterocycles. The number of carbonyl (C=O) groups is 1. The van der Waals surface area contributed by atoms with Crippen molar-refractivity contribution in [3.8, 4) is 0 Å². The van der Waals surface area contributed by atoms with Gasteiger partial charge in [-0.2, -0.15) is 5.90 Å². The molecule has 80 valence electrons. The summed E-state index contributed by atoms with van der Waals surface area (Å²) in [6, 6.07) is 0. The van der Waals surface area contributed by atoms with Gasteiger partial charge < -0.3 is 4.84 Å². The van der Waals surface area contributed by atoms with E-state index in [-0.39, 0.29) is 16.8 Å². The van der Waals surface area contributed by atoms with Gasteiger partial charge in [0.15, 0.2) is 0 Å². The minimum Gasteiger partial charge on any atom is -0.373 e. The van der Waals surface area contributed by atoms with Crippen LogP contribution in [0.4, 0.5) is 0 Å². The average Bonchev–Trinajstić information content (AvgIpc) is 2.68. The highest BCUT2D eigenvalue weighted by molar-refractivity contribution is 5.78. The third-order valence-electron chi connectivity index (χ3n) is 5.14. The van der Waals surface area contributed by atoms with Crippen molar-refractivity contribution < 1.29 is 9.63 Å². The van der Waals surface area contributed by atoms with E-state index in [4.69, 9.17) is 5.90 Å². The summed E-state index contributed by atoms with van der Waals surface area (Å²) in [7, 11) is 0. The van der Waals surface area contributed by atoms with Crippen LogP contribution in [0.1, 0.15) is 40.0 Å². The van der Waals surface area contributed by atoms with Crippen LogP contribution in [0.5, 0.6) is 0 Å². The van der Waals surface area contributed by atoms with Crippen LogP contribution in [0, 0.1) is 22.7 Å². The fourth-order valence-electron chi connectivity index (χ4n) is 3.66. The molecule has 14 heavy (non-hydrogen) atoms. The van der Waals surface area contributed by atoms with Gasteiger partial charge in [-0.3, -0.25) is 0 Å². The van der Waals surface area contributed by atoms with Gasteiger partial charge in [0.05, 0.1) is 5.41 Å². The van der Waals surface area contributed by atoms with Crippen molar-refractivity contribution in [1.82, 2.24) is 0 Å². The number of rotatable bonds is 1. The van der Waals surface area contributed by atoms with Crippen LogP contribution >= 0.6 is 0 Å². The van der Waals surface area contributed by atoms with E-state index in [1.807, 2.05) is 6.92 Å². The highest BCUT2D eigenvalue weighted by Crippen LogP contribution is 2.66. The first-order valence-electron chi connectivity index (χ1n) is 5.35. The topological polar surface area (TPSA) is 52.3 Å². The van der Waals surface area contributed by atoms with Gasteiger partial charge in [-0.15, -0.1) is 0 Å². The smallest absolute Gasteiger partial charge is 0.331 e. The van der Waals surface area contributed by atoms with Crippen LogP contribution in [-0.2, 0) is 9.63 Å². The van der Waals surface area contributed by atoms with E-state index in [2.05, 4.69) is 18.7 Å². The van der Waals surface area contributed by atoms with E-state index >= 15 is 0 Å². The minimum absolute atomic E-state index is 0.0341. The average molecular weight is 197 g/mol. The van der Waals surface area contributed by atoms with Crippen molar-refractivity contribution in [3.05, 3.63) is 0 Å². The lowest BCUT2D eigenvalue weighted by Crippen LogP contribution is -2.48. The number of carbonyl (C=O) groups excluding carboxylic acids is 1. The van der Waals surface area contributed by atoms with E-state index < -0.39 is 0 Å². The Kier molecular flexibility index (Phi) is 1.94. The van der Waals surface area contributed by atoms with Crippen molar-refractivity contribution in [2.75, 3.05) is 0 Å². The second-order valence-corrected chi connectivity index (χ2v) is 5.54. The van der Waals surface area contributed by atoms with Gasteiger partial charge in [-0.05, 0) is 43.4 Å². The van der Waals surface area contributed by atoms with Crippen LogP contribution < -0.4 is 5.90 Å². The van der Waals surface area contributed by atoms with Crippen molar-refractivity contribution in [2.45, 2.75) is 40.0 Å². The fraction of sp³-hybridized carbons (Fsp3) is 0.909. The lowest BCUT2D eigenvalue weighted by Gasteiger charge is -2.44. The Morgan fingerprint density at radius 2 is 1.86 bits per heavy atom. The molecule has 3 atom stereocenters. The third-order valence-corrected chi connectivity index (χ3v) is 5.14. The molecule has 2 aliphatic rings. The minimum atomic E-state index is -0.370. The molecule has 0 radical (unpaired) electrons. The van der Waals surface area contributed by atoms with E-state index in [1.165, 1.54) is 12.8 Å². The van der Waals surface area contributed by atoms with Gasteiger partial charge in [-0.1, -0.05) is 13.8 Å².